The van der Waals surface area contributed by atoms with Crippen LogP contribution in [0.2, 0.25) is 0 Å². The number of phenolic OH excluding ortho intramolecular Hbond substituents is 1. The Bertz CT molecular complexity index is 1510. The van der Waals surface area contributed by atoms with Crippen LogP contribution in [0.3, 0.4) is 0 Å². The Balaban J connectivity index is 1.25. The van der Waals surface area contributed by atoms with Crippen LogP contribution in [0.1, 0.15) is 55.9 Å². The van der Waals surface area contributed by atoms with Gasteiger partial charge in [0.15, 0.2) is 23.7 Å². The summed E-state index contributed by atoms with van der Waals surface area (Å²) in [7, 11) is 1.98. The molecule has 2 heterocycles. The van der Waals surface area contributed by atoms with Gasteiger partial charge in [0.2, 0.25) is 0 Å². The number of aromatic hydroxyl groups is 1. The number of amides is 1. The molecule has 2 aromatic rings. The van der Waals surface area contributed by atoms with Crippen LogP contribution in [0, 0.1) is 5.92 Å². The van der Waals surface area contributed by atoms with Gasteiger partial charge in [-0.05, 0) is 55.6 Å². The molecule has 0 saturated carbocycles. The second-order valence-corrected chi connectivity index (χ2v) is 12.7. The van der Waals surface area contributed by atoms with E-state index in [-0.39, 0.29) is 42.2 Å². The van der Waals surface area contributed by atoms with Crippen molar-refractivity contribution >= 4 is 17.8 Å². The third-order valence-corrected chi connectivity index (χ3v) is 9.48. The number of nitrogens with zero attached hydrogens (tertiary/aromatic N) is 1. The van der Waals surface area contributed by atoms with E-state index < -0.39 is 53.5 Å². The summed E-state index contributed by atoms with van der Waals surface area (Å²) < 4.78 is 17.5. The second kappa shape index (κ2) is 11.2. The fourth-order valence-corrected chi connectivity index (χ4v) is 7.36. The van der Waals surface area contributed by atoms with Crippen LogP contribution in [0.4, 0.5) is 0 Å². The quantitative estimate of drug-likeness (QED) is 0.312. The summed E-state index contributed by atoms with van der Waals surface area (Å²) in [5, 5.41) is 36.0. The first-order chi connectivity index (χ1) is 21.0. The van der Waals surface area contributed by atoms with E-state index in [0.717, 1.165) is 11.1 Å². The number of rotatable bonds is 9. The topological polar surface area (TPSA) is 155 Å². The lowest BCUT2D eigenvalue weighted by atomic mass is 9.50. The van der Waals surface area contributed by atoms with E-state index in [0.29, 0.717) is 24.9 Å². The minimum Gasteiger partial charge on any atom is -0.504 e. The van der Waals surface area contributed by atoms with Crippen molar-refractivity contribution in [3.63, 3.8) is 0 Å². The van der Waals surface area contributed by atoms with Gasteiger partial charge in [-0.25, -0.2) is 4.79 Å². The molecule has 1 spiro atoms. The normalized spacial score (nSPS) is 27.8. The summed E-state index contributed by atoms with van der Waals surface area (Å²) in [6.07, 6.45) is -0.0856. The molecular formula is C33H38N2O9. The number of likely N-dealkylation sites (N-methyl/N-ethyl adjacent to an activating group) is 1. The Morgan fingerprint density at radius 2 is 1.91 bits per heavy atom. The molecule has 1 amide bonds. The van der Waals surface area contributed by atoms with E-state index in [1.807, 2.05) is 27.0 Å². The lowest BCUT2D eigenvalue weighted by Crippen LogP contribution is -2.74. The summed E-state index contributed by atoms with van der Waals surface area (Å²) in [4.78, 5) is 41.5. The predicted octanol–water partition coefficient (Wildman–Crippen LogP) is 2.02. The number of esters is 2. The van der Waals surface area contributed by atoms with E-state index in [2.05, 4.69) is 10.2 Å². The maximum Gasteiger partial charge on any atom is 0.329 e. The maximum absolute atomic E-state index is 13.4. The van der Waals surface area contributed by atoms with Gasteiger partial charge in [0, 0.05) is 18.0 Å². The monoisotopic (exact) mass is 606 g/mol. The van der Waals surface area contributed by atoms with E-state index >= 15 is 0 Å². The van der Waals surface area contributed by atoms with Gasteiger partial charge in [-0.2, -0.15) is 0 Å². The minimum absolute atomic E-state index is 0.0128. The van der Waals surface area contributed by atoms with Crippen molar-refractivity contribution < 1.29 is 43.9 Å². The largest absolute Gasteiger partial charge is 0.504 e. The van der Waals surface area contributed by atoms with Gasteiger partial charge >= 0.3 is 11.9 Å². The van der Waals surface area contributed by atoms with E-state index in [9.17, 15) is 29.7 Å². The highest BCUT2D eigenvalue weighted by Crippen LogP contribution is 2.65. The number of carbonyl (C=O) groups excluding carboxylic acids is 3. The number of ether oxygens (including phenoxy) is 3. The number of carbonyl (C=O) groups is 3. The van der Waals surface area contributed by atoms with Crippen LogP contribution in [0.5, 0.6) is 11.5 Å². The Labute approximate surface area is 255 Å². The van der Waals surface area contributed by atoms with Crippen molar-refractivity contribution in [1.29, 1.82) is 0 Å². The molecule has 1 saturated heterocycles. The molecule has 0 aromatic heterocycles. The Hall–Kier alpha value is -3.93. The summed E-state index contributed by atoms with van der Waals surface area (Å²) in [6, 6.07) is 10.0. The van der Waals surface area contributed by atoms with Gasteiger partial charge in [-0.15, -0.1) is 0 Å². The molecule has 2 aliphatic carbocycles. The van der Waals surface area contributed by atoms with Gasteiger partial charge < -0.3 is 39.7 Å². The summed E-state index contributed by atoms with van der Waals surface area (Å²) in [6.45, 7) is 4.45. The minimum atomic E-state index is -1.57. The molecule has 11 heteroatoms. The van der Waals surface area contributed by atoms with Gasteiger partial charge in [0.25, 0.3) is 5.91 Å². The van der Waals surface area contributed by atoms with Gasteiger partial charge in [-0.1, -0.05) is 50.2 Å². The molecule has 44 heavy (non-hydrogen) atoms. The highest BCUT2D eigenvalue weighted by atomic mass is 16.6. The molecule has 1 fully saturated rings. The van der Waals surface area contributed by atoms with Crippen LogP contribution in [0.25, 0.3) is 0 Å². The molecule has 11 nitrogen and oxygen atoms in total. The Morgan fingerprint density at radius 1 is 1.16 bits per heavy atom. The number of hydrogen-bond acceptors (Lipinski definition) is 10. The van der Waals surface area contributed by atoms with E-state index in [1.165, 1.54) is 0 Å². The highest BCUT2D eigenvalue weighted by molar-refractivity contribution is 5.90. The standard InChI is InChI=1S/C33H38N2O9/c1-18(2)17-42-31(40)21(34-30(39)27(38)19-7-5-4-6-8-19)16-25(37)43-23-11-12-33(41)24-15-20-9-10-22(36)28-26(20)32(33,29(23)44-28)13-14-35(24)3/h4-11,18,21,24,27,29,36,38,41H,12-17H2,1-3H3,(H,34,39)/t21-,24?,27-,29-,32-,33+/m0/s1. The number of piperidine rings is 1. The number of likely N-dealkylation sites (tertiary alicyclic amines) is 1. The van der Waals surface area contributed by atoms with Gasteiger partial charge in [-0.3, -0.25) is 9.59 Å². The molecule has 0 radical (unpaired) electrons. The van der Waals surface area contributed by atoms with Crippen molar-refractivity contribution in [2.24, 2.45) is 5.92 Å². The van der Waals surface area contributed by atoms with Crippen LogP contribution in [-0.4, -0.2) is 82.1 Å². The zero-order valence-corrected chi connectivity index (χ0v) is 25.0. The van der Waals surface area contributed by atoms with Crippen LogP contribution in [0.15, 0.2) is 54.3 Å². The van der Waals surface area contributed by atoms with E-state index in [4.69, 9.17) is 14.2 Å². The molecule has 2 aromatic carbocycles. The van der Waals surface area contributed by atoms with Gasteiger partial charge in [0.05, 0.1) is 24.0 Å². The fourth-order valence-electron chi connectivity index (χ4n) is 7.36. The zero-order chi connectivity index (χ0) is 31.4. The first-order valence-corrected chi connectivity index (χ1v) is 15.0. The lowest BCUT2D eigenvalue weighted by Gasteiger charge is -2.61. The molecule has 1 unspecified atom stereocenters. The zero-order valence-electron chi connectivity index (χ0n) is 25.0. The smallest absolute Gasteiger partial charge is 0.329 e. The first-order valence-electron chi connectivity index (χ1n) is 15.0. The SMILES string of the molecule is CC(C)COC(=O)[C@H](CC(=O)OC1=CC[C@@]2(O)C3Cc4ccc(O)c5c4[C@@]2(CCN3C)[C@H]1O5)NC(=O)[C@@H](O)c1ccccc1. The van der Waals surface area contributed by atoms with Crippen LogP contribution in [-0.2, 0) is 35.7 Å². The Morgan fingerprint density at radius 3 is 2.64 bits per heavy atom. The van der Waals surface area contributed by atoms with Crippen LogP contribution >= 0.6 is 0 Å². The average Bonchev–Trinajstić information content (AvgIpc) is 3.36. The van der Waals surface area contributed by atoms with Gasteiger partial charge in [0.1, 0.15) is 11.8 Å². The molecule has 234 valence electrons. The average molecular weight is 607 g/mol. The third kappa shape index (κ3) is 4.74. The molecular weight excluding hydrogens is 568 g/mol. The molecule has 2 bridgehead atoms. The number of hydrogen-bond donors (Lipinski definition) is 4. The summed E-state index contributed by atoms with van der Waals surface area (Å²) >= 11 is 0. The number of nitrogens with one attached hydrogen (secondary N) is 1. The van der Waals surface area contributed by atoms with Crippen molar-refractivity contribution in [2.45, 2.75) is 74.8 Å². The molecule has 6 atom stereocenters. The molecule has 4 aliphatic rings. The predicted molar refractivity (Wildman–Crippen MR) is 156 cm³/mol. The van der Waals surface area contributed by atoms with Crippen molar-refractivity contribution in [1.82, 2.24) is 10.2 Å². The number of phenols is 1. The highest BCUT2D eigenvalue weighted by Gasteiger charge is 2.72. The number of benzene rings is 2. The van der Waals surface area contributed by atoms with E-state index in [1.54, 1.807) is 42.5 Å². The lowest BCUT2D eigenvalue weighted by molar-refractivity contribution is -0.170. The summed E-state index contributed by atoms with van der Waals surface area (Å²) in [5.74, 6) is -2.10. The number of aliphatic hydroxyl groups excluding tert-OH is 1. The second-order valence-electron chi connectivity index (χ2n) is 12.7. The molecule has 6 rings (SSSR count). The van der Waals surface area contributed by atoms with Crippen molar-refractivity contribution in [3.8, 4) is 11.5 Å². The third-order valence-electron chi connectivity index (χ3n) is 9.48. The van der Waals surface area contributed by atoms with Crippen LogP contribution < -0.4 is 10.1 Å². The maximum atomic E-state index is 13.4. The van der Waals surface area contributed by atoms with Crippen molar-refractivity contribution in [2.75, 3.05) is 20.2 Å². The number of aliphatic hydroxyl groups is 2. The fraction of sp³-hybridized carbons (Fsp3) is 0.485. The molecule has 4 N–H and O–H groups in total. The molecule has 2 aliphatic heterocycles. The first kappa shape index (κ1) is 30.1. The Kier molecular flexibility index (Phi) is 7.67. The van der Waals surface area contributed by atoms with Crippen molar-refractivity contribution in [3.05, 3.63) is 71.0 Å². The summed E-state index contributed by atoms with van der Waals surface area (Å²) in [5.41, 5.74) is -0.113.